The van der Waals surface area contributed by atoms with Crippen molar-refractivity contribution in [1.29, 1.82) is 0 Å². The summed E-state index contributed by atoms with van der Waals surface area (Å²) in [7, 11) is 0. The van der Waals surface area contributed by atoms with Crippen LogP contribution >= 0.6 is 0 Å². The predicted octanol–water partition coefficient (Wildman–Crippen LogP) is 0.761. The van der Waals surface area contributed by atoms with Crippen LogP contribution in [0, 0.1) is 5.92 Å². The lowest BCUT2D eigenvalue weighted by atomic mass is 9.85. The van der Waals surface area contributed by atoms with Crippen LogP contribution in [0.1, 0.15) is 45.4 Å². The molecule has 0 bridgehead atoms. The third-order valence-corrected chi connectivity index (χ3v) is 4.08. The van der Waals surface area contributed by atoms with Crippen LogP contribution < -0.4 is 16.4 Å². The third-order valence-electron chi connectivity index (χ3n) is 4.08. The molecule has 4 heteroatoms. The number of hydrogen-bond donors (Lipinski definition) is 3. The topological polar surface area (TPSA) is 67.1 Å². The summed E-state index contributed by atoms with van der Waals surface area (Å²) >= 11 is 0. The van der Waals surface area contributed by atoms with Gasteiger partial charge in [0.25, 0.3) is 0 Å². The van der Waals surface area contributed by atoms with Crippen LogP contribution in [0.4, 0.5) is 0 Å². The lowest BCUT2D eigenvalue weighted by Crippen LogP contribution is -2.44. The Kier molecular flexibility index (Phi) is 4.40. The smallest absolute Gasteiger partial charge is 0.237 e. The molecule has 1 aliphatic heterocycles. The van der Waals surface area contributed by atoms with E-state index in [4.69, 9.17) is 5.73 Å². The van der Waals surface area contributed by atoms with Crippen LogP contribution in [-0.2, 0) is 4.79 Å². The van der Waals surface area contributed by atoms with Crippen molar-refractivity contribution in [2.75, 3.05) is 6.54 Å². The van der Waals surface area contributed by atoms with Crippen molar-refractivity contribution in [3.63, 3.8) is 0 Å². The first kappa shape index (κ1) is 12.8. The first-order valence-electron chi connectivity index (χ1n) is 6.96. The number of fused-ring (bicyclic) bond motifs is 1. The average molecular weight is 239 g/mol. The molecule has 4 N–H and O–H groups in total. The van der Waals surface area contributed by atoms with Gasteiger partial charge in [-0.2, -0.15) is 0 Å². The minimum atomic E-state index is 0.0381. The molecule has 4 atom stereocenters. The van der Waals surface area contributed by atoms with E-state index in [0.29, 0.717) is 12.6 Å². The zero-order valence-corrected chi connectivity index (χ0v) is 10.7. The van der Waals surface area contributed by atoms with E-state index in [1.807, 2.05) is 6.92 Å². The highest BCUT2D eigenvalue weighted by Gasteiger charge is 2.37. The van der Waals surface area contributed by atoms with Crippen molar-refractivity contribution in [3.05, 3.63) is 0 Å². The second-order valence-electron chi connectivity index (χ2n) is 5.66. The molecule has 2 fully saturated rings. The fourth-order valence-corrected chi connectivity index (χ4v) is 3.07. The Hall–Kier alpha value is -0.610. The van der Waals surface area contributed by atoms with Crippen molar-refractivity contribution in [3.8, 4) is 0 Å². The van der Waals surface area contributed by atoms with Gasteiger partial charge in [0.2, 0.25) is 5.91 Å². The summed E-state index contributed by atoms with van der Waals surface area (Å²) in [4.78, 5) is 12.0. The van der Waals surface area contributed by atoms with Crippen LogP contribution in [0.25, 0.3) is 0 Å². The summed E-state index contributed by atoms with van der Waals surface area (Å²) in [5, 5.41) is 6.47. The predicted molar refractivity (Wildman–Crippen MR) is 68.6 cm³/mol. The second kappa shape index (κ2) is 5.83. The van der Waals surface area contributed by atoms with Crippen LogP contribution in [-0.4, -0.2) is 30.6 Å². The maximum atomic E-state index is 12.0. The van der Waals surface area contributed by atoms with Gasteiger partial charge in [-0.25, -0.2) is 0 Å². The summed E-state index contributed by atoms with van der Waals surface area (Å²) in [6, 6.07) is 0.790. The third kappa shape index (κ3) is 3.42. The summed E-state index contributed by atoms with van der Waals surface area (Å²) in [6.07, 6.45) is 7.06. The number of nitrogens with two attached hydrogens (primary N) is 1. The fraction of sp³-hybridized carbons (Fsp3) is 0.923. The number of hydrogen-bond acceptors (Lipinski definition) is 3. The van der Waals surface area contributed by atoms with Gasteiger partial charge in [0.05, 0.1) is 6.04 Å². The quantitative estimate of drug-likeness (QED) is 0.678. The van der Waals surface area contributed by atoms with Gasteiger partial charge < -0.3 is 16.4 Å². The van der Waals surface area contributed by atoms with E-state index in [2.05, 4.69) is 10.6 Å². The number of nitrogens with one attached hydrogen (secondary N) is 2. The first-order chi connectivity index (χ1) is 8.16. The number of carbonyl (C=O) groups excluding carboxylic acids is 1. The normalized spacial score (nSPS) is 34.1. The van der Waals surface area contributed by atoms with Gasteiger partial charge >= 0.3 is 0 Å². The summed E-state index contributed by atoms with van der Waals surface area (Å²) in [5.41, 5.74) is 5.66. The SMILES string of the molecule is CC(N)CCNC(=O)C1CC2CCCCC2N1. The number of carbonyl (C=O) groups is 1. The van der Waals surface area contributed by atoms with Crippen LogP contribution in [0.2, 0.25) is 0 Å². The van der Waals surface area contributed by atoms with E-state index in [-0.39, 0.29) is 18.0 Å². The average Bonchev–Trinajstić information content (AvgIpc) is 2.71. The minimum absolute atomic E-state index is 0.0381. The van der Waals surface area contributed by atoms with Gasteiger partial charge in [-0.05, 0) is 38.5 Å². The molecule has 1 aliphatic carbocycles. The van der Waals surface area contributed by atoms with Gasteiger partial charge in [0.1, 0.15) is 0 Å². The highest BCUT2D eigenvalue weighted by atomic mass is 16.2. The highest BCUT2D eigenvalue weighted by molar-refractivity contribution is 5.82. The van der Waals surface area contributed by atoms with Gasteiger partial charge in [-0.1, -0.05) is 12.8 Å². The lowest BCUT2D eigenvalue weighted by Gasteiger charge is -2.24. The van der Waals surface area contributed by atoms with Crippen molar-refractivity contribution in [2.24, 2.45) is 11.7 Å². The zero-order chi connectivity index (χ0) is 12.3. The maximum Gasteiger partial charge on any atom is 0.237 e. The van der Waals surface area contributed by atoms with Crippen molar-refractivity contribution in [2.45, 2.75) is 63.6 Å². The maximum absolute atomic E-state index is 12.0. The van der Waals surface area contributed by atoms with Crippen LogP contribution in [0.3, 0.4) is 0 Å². The number of amides is 1. The molecule has 98 valence electrons. The Labute approximate surface area is 104 Å². The molecule has 0 spiro atoms. The largest absolute Gasteiger partial charge is 0.355 e. The Morgan fingerprint density at radius 3 is 2.94 bits per heavy atom. The molecular weight excluding hydrogens is 214 g/mol. The molecule has 0 aromatic heterocycles. The van der Waals surface area contributed by atoms with E-state index in [0.717, 1.165) is 18.8 Å². The molecule has 17 heavy (non-hydrogen) atoms. The Balaban J connectivity index is 1.73. The molecule has 1 saturated carbocycles. The summed E-state index contributed by atoms with van der Waals surface area (Å²) < 4.78 is 0. The molecule has 1 saturated heterocycles. The molecule has 0 aromatic rings. The monoisotopic (exact) mass is 239 g/mol. The molecule has 1 amide bonds. The van der Waals surface area contributed by atoms with Crippen LogP contribution in [0.5, 0.6) is 0 Å². The molecular formula is C13H25N3O. The van der Waals surface area contributed by atoms with E-state index >= 15 is 0 Å². The van der Waals surface area contributed by atoms with Gasteiger partial charge in [0.15, 0.2) is 0 Å². The molecule has 0 aromatic carbocycles. The first-order valence-corrected chi connectivity index (χ1v) is 6.96. The summed E-state index contributed by atoms with van der Waals surface area (Å²) in [5.74, 6) is 0.896. The Bertz CT molecular complexity index is 253. The molecule has 2 aliphatic rings. The molecule has 4 unspecified atom stereocenters. The standard InChI is InChI=1S/C13H25N3O/c1-9(14)6-7-15-13(17)12-8-10-4-2-3-5-11(10)16-12/h9-12,16H,2-8,14H2,1H3,(H,15,17). The van der Waals surface area contributed by atoms with Crippen molar-refractivity contribution in [1.82, 2.24) is 10.6 Å². The molecule has 1 heterocycles. The van der Waals surface area contributed by atoms with E-state index < -0.39 is 0 Å². The van der Waals surface area contributed by atoms with Crippen molar-refractivity contribution < 1.29 is 4.79 Å². The molecule has 4 nitrogen and oxygen atoms in total. The fourth-order valence-electron chi connectivity index (χ4n) is 3.07. The molecule has 2 rings (SSSR count). The summed E-state index contributed by atoms with van der Waals surface area (Å²) in [6.45, 7) is 2.67. The van der Waals surface area contributed by atoms with Gasteiger partial charge in [-0.15, -0.1) is 0 Å². The van der Waals surface area contributed by atoms with E-state index in [9.17, 15) is 4.79 Å². The van der Waals surface area contributed by atoms with Gasteiger partial charge in [-0.3, -0.25) is 4.79 Å². The zero-order valence-electron chi connectivity index (χ0n) is 10.7. The lowest BCUT2D eigenvalue weighted by molar-refractivity contribution is -0.122. The van der Waals surface area contributed by atoms with Crippen LogP contribution in [0.15, 0.2) is 0 Å². The van der Waals surface area contributed by atoms with Gasteiger partial charge in [0, 0.05) is 18.6 Å². The number of rotatable bonds is 4. The molecule has 0 radical (unpaired) electrons. The highest BCUT2D eigenvalue weighted by Crippen LogP contribution is 2.33. The van der Waals surface area contributed by atoms with E-state index in [1.165, 1.54) is 25.7 Å². The minimum Gasteiger partial charge on any atom is -0.355 e. The van der Waals surface area contributed by atoms with Crippen molar-refractivity contribution >= 4 is 5.91 Å². The Morgan fingerprint density at radius 1 is 1.47 bits per heavy atom. The van der Waals surface area contributed by atoms with E-state index in [1.54, 1.807) is 0 Å². The second-order valence-corrected chi connectivity index (χ2v) is 5.66. The Morgan fingerprint density at radius 2 is 2.24 bits per heavy atom.